The predicted molar refractivity (Wildman–Crippen MR) is 162 cm³/mol. The number of phenolic OH excluding ortho intramolecular Hbond substituents is 1. The number of benzene rings is 2. The Morgan fingerprint density at radius 1 is 1.18 bits per heavy atom. The van der Waals surface area contributed by atoms with Gasteiger partial charge in [-0.2, -0.15) is 0 Å². The number of nitrogens with one attached hydrogen (secondary N) is 1. The topological polar surface area (TPSA) is 78.1 Å². The van der Waals surface area contributed by atoms with Crippen LogP contribution >= 0.6 is 0 Å². The lowest BCUT2D eigenvalue weighted by atomic mass is 9.76. The Labute approximate surface area is 233 Å². The van der Waals surface area contributed by atoms with Gasteiger partial charge in [-0.3, -0.25) is 10.4 Å². The minimum atomic E-state index is -0.358. The summed E-state index contributed by atoms with van der Waals surface area (Å²) in [5.41, 5.74) is 4.71. The highest BCUT2D eigenvalue weighted by atomic mass is 16.5. The average Bonchev–Trinajstić information content (AvgIpc) is 3.13. The van der Waals surface area contributed by atoms with Gasteiger partial charge >= 0.3 is 0 Å². The van der Waals surface area contributed by atoms with Gasteiger partial charge in [0.2, 0.25) is 5.90 Å². The molecule has 0 fully saturated rings. The molecule has 0 spiro atoms. The molecule has 6 nitrogen and oxygen atoms in total. The molecule has 2 aromatic rings. The first-order chi connectivity index (χ1) is 18.7. The van der Waals surface area contributed by atoms with Crippen molar-refractivity contribution in [1.29, 1.82) is 5.41 Å². The number of allylic oxidation sites excluding steroid dienone is 4. The van der Waals surface area contributed by atoms with E-state index in [4.69, 9.17) is 14.9 Å². The van der Waals surface area contributed by atoms with Gasteiger partial charge in [0.1, 0.15) is 11.5 Å². The summed E-state index contributed by atoms with van der Waals surface area (Å²) >= 11 is 0. The second-order valence-electron chi connectivity index (χ2n) is 10.2. The van der Waals surface area contributed by atoms with E-state index in [-0.39, 0.29) is 23.8 Å². The van der Waals surface area contributed by atoms with Gasteiger partial charge in [0.25, 0.3) is 0 Å². The molecule has 0 radical (unpaired) electrons. The van der Waals surface area contributed by atoms with Crippen molar-refractivity contribution in [3.63, 3.8) is 0 Å². The second-order valence-corrected chi connectivity index (χ2v) is 10.2. The molecule has 2 N–H and O–H groups in total. The Kier molecular flexibility index (Phi) is 10.3. The van der Waals surface area contributed by atoms with Crippen molar-refractivity contribution < 1.29 is 14.6 Å². The van der Waals surface area contributed by atoms with Crippen molar-refractivity contribution in [1.82, 2.24) is 0 Å². The molecule has 0 saturated heterocycles. The number of fused-ring (bicyclic) bond motifs is 1. The zero-order chi connectivity index (χ0) is 28.4. The van der Waals surface area contributed by atoms with Crippen LogP contribution in [0.25, 0.3) is 0 Å². The van der Waals surface area contributed by atoms with Gasteiger partial charge in [0.05, 0.1) is 6.61 Å². The summed E-state index contributed by atoms with van der Waals surface area (Å²) in [5, 5.41) is 18.7. The molecule has 0 bridgehead atoms. The molecule has 1 atom stereocenters. The first-order valence-electron chi connectivity index (χ1n) is 13.4. The maximum Gasteiger partial charge on any atom is 0.215 e. The molecule has 0 saturated carbocycles. The largest absolute Gasteiger partial charge is 0.508 e. The van der Waals surface area contributed by atoms with E-state index < -0.39 is 0 Å². The maximum atomic E-state index is 10.3. The third-order valence-electron chi connectivity index (χ3n) is 6.59. The minimum absolute atomic E-state index is 0.0000439. The Balaban J connectivity index is 1.79. The highest BCUT2D eigenvalue weighted by molar-refractivity contribution is 5.94. The number of aromatic hydroxyl groups is 1. The summed E-state index contributed by atoms with van der Waals surface area (Å²) in [4.78, 5) is 6.70. The van der Waals surface area contributed by atoms with Crippen molar-refractivity contribution in [2.75, 3.05) is 24.8 Å². The van der Waals surface area contributed by atoms with Crippen LogP contribution < -0.4 is 4.90 Å². The number of phenols is 1. The van der Waals surface area contributed by atoms with Crippen LogP contribution in [0.3, 0.4) is 0 Å². The number of aliphatic imine (C=N–C) groups is 1. The molecule has 1 aliphatic heterocycles. The van der Waals surface area contributed by atoms with E-state index in [0.29, 0.717) is 23.9 Å². The Hall–Kier alpha value is -4.06. The fourth-order valence-corrected chi connectivity index (χ4v) is 4.78. The second kappa shape index (κ2) is 13.7. The fourth-order valence-electron chi connectivity index (χ4n) is 4.78. The van der Waals surface area contributed by atoms with Crippen molar-refractivity contribution >= 4 is 17.8 Å². The zero-order valence-electron chi connectivity index (χ0n) is 23.8. The van der Waals surface area contributed by atoms with Crippen molar-refractivity contribution in [2.45, 2.75) is 46.5 Å². The average molecular weight is 528 g/mol. The van der Waals surface area contributed by atoms with Crippen molar-refractivity contribution in [2.24, 2.45) is 10.9 Å². The smallest absolute Gasteiger partial charge is 0.215 e. The minimum Gasteiger partial charge on any atom is -0.508 e. The molecule has 2 aromatic carbocycles. The molecule has 39 heavy (non-hydrogen) atoms. The lowest BCUT2D eigenvalue weighted by Crippen LogP contribution is -2.30. The first kappa shape index (κ1) is 29.5. The van der Waals surface area contributed by atoms with Crippen LogP contribution in [0.5, 0.6) is 5.75 Å². The fraction of sp³-hybridized carbons (Fsp3) is 0.333. The summed E-state index contributed by atoms with van der Waals surface area (Å²) in [5.74, 6) is 1.13. The van der Waals surface area contributed by atoms with Gasteiger partial charge in [-0.25, -0.2) is 0 Å². The molecule has 0 aromatic heterocycles. The van der Waals surface area contributed by atoms with E-state index in [2.05, 4.69) is 56.3 Å². The SMILES string of the molecule is C=C(/C=C(\C=C/C)C(=N)OC/N=C\C=C1/N(CC)c2ccc(O)cc2C1(C)Cc1ccccc1)OCC(C)C. The highest BCUT2D eigenvalue weighted by Crippen LogP contribution is 2.50. The van der Waals surface area contributed by atoms with E-state index in [0.717, 1.165) is 29.9 Å². The number of ether oxygens (including phenoxy) is 2. The predicted octanol–water partition coefficient (Wildman–Crippen LogP) is 7.33. The summed E-state index contributed by atoms with van der Waals surface area (Å²) in [6, 6.07) is 16.0. The molecule has 6 heteroatoms. The van der Waals surface area contributed by atoms with Crippen molar-refractivity contribution in [3.8, 4) is 5.75 Å². The molecular formula is C33H41N3O3. The molecule has 0 amide bonds. The number of nitrogens with zero attached hydrogens (tertiary/aromatic N) is 2. The van der Waals surface area contributed by atoms with Crippen LogP contribution in [0, 0.1) is 11.3 Å². The lowest BCUT2D eigenvalue weighted by molar-refractivity contribution is 0.191. The molecule has 206 valence electrons. The third kappa shape index (κ3) is 7.50. The van der Waals surface area contributed by atoms with Crippen LogP contribution in [0.2, 0.25) is 0 Å². The van der Waals surface area contributed by atoms with Crippen LogP contribution in [0.4, 0.5) is 5.69 Å². The van der Waals surface area contributed by atoms with Gasteiger partial charge in [0.15, 0.2) is 6.73 Å². The van der Waals surface area contributed by atoms with Gasteiger partial charge in [-0.1, -0.05) is 62.9 Å². The summed E-state index contributed by atoms with van der Waals surface area (Å²) in [6.45, 7) is 15.6. The lowest BCUT2D eigenvalue weighted by Gasteiger charge is -2.30. The van der Waals surface area contributed by atoms with Crippen molar-refractivity contribution in [3.05, 3.63) is 108 Å². The standard InChI is InChI=1S/C33H41N3O3/c1-7-12-27(19-25(5)38-22-24(3)4)32(34)39-23-35-18-17-31-33(6,21-26-13-10-9-11-14-26)29-20-28(37)15-16-30(29)36(31)8-2/h7,9-20,24,34,37H,5,8,21-23H2,1-4,6H3/b12-7-,27-19+,31-17-,34-32?,35-18-. The summed E-state index contributed by atoms with van der Waals surface area (Å²) in [6.07, 6.45) is 9.87. The number of rotatable bonds is 12. The zero-order valence-corrected chi connectivity index (χ0v) is 23.8. The molecule has 1 unspecified atom stereocenters. The maximum absolute atomic E-state index is 10.3. The van der Waals surface area contributed by atoms with Crippen LogP contribution in [0.1, 0.15) is 45.7 Å². The van der Waals surface area contributed by atoms with Gasteiger partial charge < -0.3 is 19.5 Å². The van der Waals surface area contributed by atoms with E-state index in [1.165, 1.54) is 5.56 Å². The molecule has 3 rings (SSSR count). The Morgan fingerprint density at radius 2 is 1.92 bits per heavy atom. The van der Waals surface area contributed by atoms with E-state index in [1.54, 1.807) is 24.4 Å². The van der Waals surface area contributed by atoms with E-state index in [1.807, 2.05) is 49.4 Å². The van der Waals surface area contributed by atoms with E-state index in [9.17, 15) is 5.11 Å². The van der Waals surface area contributed by atoms with Crippen LogP contribution in [-0.4, -0.2) is 37.1 Å². The molecule has 1 aliphatic rings. The highest BCUT2D eigenvalue weighted by Gasteiger charge is 2.43. The van der Waals surface area contributed by atoms with Gasteiger partial charge in [0, 0.05) is 35.1 Å². The van der Waals surface area contributed by atoms with Gasteiger partial charge in [-0.15, -0.1) is 0 Å². The Bertz CT molecular complexity index is 1270. The number of hydrogen-bond donors (Lipinski definition) is 2. The van der Waals surface area contributed by atoms with Crippen LogP contribution in [0.15, 0.2) is 101 Å². The van der Waals surface area contributed by atoms with Gasteiger partial charge in [-0.05, 0) is 74.6 Å². The number of hydrogen-bond acceptors (Lipinski definition) is 6. The molecule has 1 heterocycles. The molecular weight excluding hydrogens is 486 g/mol. The summed E-state index contributed by atoms with van der Waals surface area (Å²) in [7, 11) is 0. The van der Waals surface area contributed by atoms with Crippen LogP contribution in [-0.2, 0) is 21.3 Å². The third-order valence-corrected chi connectivity index (χ3v) is 6.59. The number of likely N-dealkylation sites (N-methyl/N-ethyl adjacent to an activating group) is 1. The molecule has 0 aliphatic carbocycles. The Morgan fingerprint density at radius 3 is 2.59 bits per heavy atom. The first-order valence-corrected chi connectivity index (χ1v) is 13.4. The quantitative estimate of drug-likeness (QED) is 0.131. The normalized spacial score (nSPS) is 18.4. The monoisotopic (exact) mass is 527 g/mol. The number of anilines is 1. The van der Waals surface area contributed by atoms with E-state index >= 15 is 0 Å². The summed E-state index contributed by atoms with van der Waals surface area (Å²) < 4.78 is 11.3.